The van der Waals surface area contributed by atoms with Crippen molar-refractivity contribution in [3.63, 3.8) is 0 Å². The average molecular weight is 478 g/mol. The SMILES string of the molecule is COc1ccc(OC)c(N2COc3c(Cl)cc4c(C)c(Cc5ccccc5)c(=O)oc4c3C2)c1. The van der Waals surface area contributed by atoms with Crippen LogP contribution in [0.25, 0.3) is 11.0 Å². The zero-order valence-electron chi connectivity index (χ0n) is 19.2. The Bertz CT molecular complexity index is 1430. The predicted octanol–water partition coefficient (Wildman–Crippen LogP) is 5.72. The van der Waals surface area contributed by atoms with Gasteiger partial charge in [0.15, 0.2) is 6.73 Å². The number of methoxy groups -OCH3 is 2. The van der Waals surface area contributed by atoms with Crippen molar-refractivity contribution in [1.82, 2.24) is 0 Å². The van der Waals surface area contributed by atoms with Crippen molar-refractivity contribution in [2.75, 3.05) is 25.9 Å². The molecule has 0 atom stereocenters. The quantitative estimate of drug-likeness (QED) is 0.343. The van der Waals surface area contributed by atoms with Crippen LogP contribution in [-0.4, -0.2) is 21.0 Å². The Balaban J connectivity index is 1.62. The van der Waals surface area contributed by atoms with Crippen molar-refractivity contribution in [3.05, 3.63) is 92.3 Å². The molecule has 0 fully saturated rings. The van der Waals surface area contributed by atoms with Gasteiger partial charge in [-0.05, 0) is 36.2 Å². The molecule has 0 spiro atoms. The maximum absolute atomic E-state index is 13.1. The van der Waals surface area contributed by atoms with E-state index in [2.05, 4.69) is 0 Å². The number of benzene rings is 3. The molecule has 0 saturated carbocycles. The van der Waals surface area contributed by atoms with Crippen LogP contribution in [0.2, 0.25) is 5.02 Å². The summed E-state index contributed by atoms with van der Waals surface area (Å²) in [5, 5.41) is 1.29. The molecule has 7 heteroatoms. The molecule has 0 radical (unpaired) electrons. The van der Waals surface area contributed by atoms with Crippen molar-refractivity contribution in [2.24, 2.45) is 0 Å². The smallest absolute Gasteiger partial charge is 0.340 e. The van der Waals surface area contributed by atoms with E-state index >= 15 is 0 Å². The summed E-state index contributed by atoms with van der Waals surface area (Å²) in [6, 6.07) is 17.3. The third-order valence-corrected chi connectivity index (χ3v) is 6.52. The molecular weight excluding hydrogens is 454 g/mol. The number of ether oxygens (including phenoxy) is 3. The van der Waals surface area contributed by atoms with Crippen LogP contribution in [0.4, 0.5) is 5.69 Å². The lowest BCUT2D eigenvalue weighted by molar-refractivity contribution is 0.286. The Morgan fingerprint density at radius 3 is 2.59 bits per heavy atom. The van der Waals surface area contributed by atoms with Crippen LogP contribution < -0.4 is 24.7 Å². The van der Waals surface area contributed by atoms with Crippen molar-refractivity contribution < 1.29 is 18.6 Å². The zero-order chi connectivity index (χ0) is 23.8. The van der Waals surface area contributed by atoms with Gasteiger partial charge in [-0.3, -0.25) is 0 Å². The second-order valence-electron chi connectivity index (χ2n) is 8.21. The Hall–Kier alpha value is -3.64. The van der Waals surface area contributed by atoms with Crippen LogP contribution in [0.1, 0.15) is 22.3 Å². The molecule has 0 bridgehead atoms. The molecule has 0 N–H and O–H groups in total. The number of hydrogen-bond donors (Lipinski definition) is 0. The summed E-state index contributed by atoms with van der Waals surface area (Å²) in [5.74, 6) is 1.91. The highest BCUT2D eigenvalue weighted by Gasteiger charge is 2.27. The van der Waals surface area contributed by atoms with E-state index in [1.807, 2.05) is 66.4 Å². The third-order valence-electron chi connectivity index (χ3n) is 6.24. The van der Waals surface area contributed by atoms with Crippen molar-refractivity contribution in [2.45, 2.75) is 19.9 Å². The molecular formula is C27H24ClNO5. The molecule has 1 aromatic heterocycles. The van der Waals surface area contributed by atoms with Gasteiger partial charge in [-0.25, -0.2) is 4.79 Å². The average Bonchev–Trinajstić information content (AvgIpc) is 2.87. The monoisotopic (exact) mass is 477 g/mol. The Kier molecular flexibility index (Phi) is 5.84. The highest BCUT2D eigenvalue weighted by atomic mass is 35.5. The Labute approximate surface area is 202 Å². The normalized spacial score (nSPS) is 12.9. The number of hydrogen-bond acceptors (Lipinski definition) is 6. The lowest BCUT2D eigenvalue weighted by atomic mass is 9.97. The summed E-state index contributed by atoms with van der Waals surface area (Å²) >= 11 is 6.64. The summed E-state index contributed by atoms with van der Waals surface area (Å²) in [5.41, 5.74) is 4.19. The molecule has 0 aliphatic carbocycles. The largest absolute Gasteiger partial charge is 0.497 e. The number of fused-ring (bicyclic) bond motifs is 3. The Morgan fingerprint density at radius 1 is 1.06 bits per heavy atom. The van der Waals surface area contributed by atoms with Crippen LogP contribution in [0.5, 0.6) is 17.2 Å². The number of halogens is 1. The number of anilines is 1. The molecule has 5 rings (SSSR count). The lowest BCUT2D eigenvalue weighted by Crippen LogP contribution is -2.32. The van der Waals surface area contributed by atoms with Gasteiger partial charge in [-0.1, -0.05) is 41.9 Å². The summed E-state index contributed by atoms with van der Waals surface area (Å²) in [4.78, 5) is 15.1. The molecule has 0 unspecified atom stereocenters. The minimum absolute atomic E-state index is 0.261. The molecule has 1 aliphatic rings. The van der Waals surface area contributed by atoms with Gasteiger partial charge in [0.2, 0.25) is 0 Å². The third kappa shape index (κ3) is 3.84. The van der Waals surface area contributed by atoms with Gasteiger partial charge < -0.3 is 23.5 Å². The van der Waals surface area contributed by atoms with Gasteiger partial charge in [0.05, 0.1) is 37.0 Å². The van der Waals surface area contributed by atoms with E-state index in [1.54, 1.807) is 14.2 Å². The second-order valence-corrected chi connectivity index (χ2v) is 8.61. The van der Waals surface area contributed by atoms with Gasteiger partial charge in [-0.2, -0.15) is 0 Å². The first-order chi connectivity index (χ1) is 16.5. The van der Waals surface area contributed by atoms with E-state index in [4.69, 9.17) is 30.2 Å². The topological polar surface area (TPSA) is 61.1 Å². The van der Waals surface area contributed by atoms with Crippen LogP contribution in [-0.2, 0) is 13.0 Å². The molecule has 3 aromatic carbocycles. The van der Waals surface area contributed by atoms with Gasteiger partial charge >= 0.3 is 5.63 Å². The molecule has 174 valence electrons. The van der Waals surface area contributed by atoms with E-state index < -0.39 is 0 Å². The number of rotatable bonds is 5. The highest BCUT2D eigenvalue weighted by Crippen LogP contribution is 2.42. The molecule has 6 nitrogen and oxygen atoms in total. The van der Waals surface area contributed by atoms with Gasteiger partial charge in [0, 0.05) is 23.4 Å². The zero-order valence-corrected chi connectivity index (χ0v) is 19.9. The molecule has 1 aliphatic heterocycles. The first-order valence-corrected chi connectivity index (χ1v) is 11.3. The van der Waals surface area contributed by atoms with Crippen LogP contribution in [0.15, 0.2) is 63.8 Å². The lowest BCUT2D eigenvalue weighted by Gasteiger charge is -2.32. The van der Waals surface area contributed by atoms with Gasteiger partial charge in [-0.15, -0.1) is 0 Å². The Morgan fingerprint density at radius 2 is 1.85 bits per heavy atom. The maximum Gasteiger partial charge on any atom is 0.340 e. The first-order valence-electron chi connectivity index (χ1n) is 10.9. The highest BCUT2D eigenvalue weighted by molar-refractivity contribution is 6.33. The fourth-order valence-electron chi connectivity index (χ4n) is 4.41. The number of aryl methyl sites for hydroxylation is 1. The van der Waals surface area contributed by atoms with E-state index in [0.717, 1.165) is 27.8 Å². The van der Waals surface area contributed by atoms with E-state index in [-0.39, 0.29) is 12.4 Å². The minimum atomic E-state index is -0.352. The maximum atomic E-state index is 13.1. The summed E-state index contributed by atoms with van der Waals surface area (Å²) in [6.07, 6.45) is 0.489. The van der Waals surface area contributed by atoms with Crippen molar-refractivity contribution in [3.8, 4) is 17.2 Å². The number of nitrogens with zero attached hydrogens (tertiary/aromatic N) is 1. The standard InChI is InChI=1S/C27H24ClNO5/c1-16-19-13-22(28)26-21(25(19)34-27(30)20(16)11-17-7-5-4-6-8-17)14-29(15-33-26)23-12-18(31-2)9-10-24(23)32-3/h4-10,12-13H,11,14-15H2,1-3H3. The fourth-order valence-corrected chi connectivity index (χ4v) is 4.69. The molecule has 0 amide bonds. The van der Waals surface area contributed by atoms with Crippen LogP contribution in [0, 0.1) is 6.92 Å². The first kappa shape index (κ1) is 22.2. The minimum Gasteiger partial charge on any atom is -0.497 e. The van der Waals surface area contributed by atoms with Crippen molar-refractivity contribution in [1.29, 1.82) is 0 Å². The molecule has 0 saturated heterocycles. The van der Waals surface area contributed by atoms with Gasteiger partial charge in [0.25, 0.3) is 0 Å². The van der Waals surface area contributed by atoms with Crippen LogP contribution in [0.3, 0.4) is 0 Å². The molecule has 4 aromatic rings. The van der Waals surface area contributed by atoms with Gasteiger partial charge in [0.1, 0.15) is 22.8 Å². The molecule has 34 heavy (non-hydrogen) atoms. The summed E-state index contributed by atoms with van der Waals surface area (Å²) < 4.78 is 22.9. The predicted molar refractivity (Wildman–Crippen MR) is 133 cm³/mol. The fraction of sp³-hybridized carbons (Fsp3) is 0.222. The van der Waals surface area contributed by atoms with E-state index in [0.29, 0.717) is 46.4 Å². The summed E-state index contributed by atoms with van der Waals surface area (Å²) in [6.45, 7) is 2.63. The summed E-state index contributed by atoms with van der Waals surface area (Å²) in [7, 11) is 3.23. The van der Waals surface area contributed by atoms with E-state index in [9.17, 15) is 4.79 Å². The second kappa shape index (κ2) is 8.95. The van der Waals surface area contributed by atoms with Crippen LogP contribution >= 0.6 is 11.6 Å². The van der Waals surface area contributed by atoms with E-state index in [1.165, 1.54) is 0 Å². The molecule has 2 heterocycles. The van der Waals surface area contributed by atoms with Crippen molar-refractivity contribution >= 4 is 28.3 Å².